The van der Waals surface area contributed by atoms with Gasteiger partial charge in [0.25, 0.3) is 0 Å². The predicted molar refractivity (Wildman–Crippen MR) is 155 cm³/mol. The Labute approximate surface area is 231 Å². The standard InChI is InChI=1S/C31H52N4O3/c1-8-10-17-25(9-2)29(37)34(21-19-24-15-12-11-13-16-24)22-26-18-14-20-35(26)30(38)27(31(4,5)6)33-28(36)23(3)32-7/h11-13,15-16,23,25-27,32H,8-10,14,17-22H2,1-7H3,(H,33,36)/t23-,25-,26-,27+/m0/s1. The van der Waals surface area contributed by atoms with Crippen LogP contribution in [0.1, 0.15) is 85.6 Å². The third-order valence-electron chi connectivity index (χ3n) is 7.89. The maximum absolute atomic E-state index is 13.9. The lowest BCUT2D eigenvalue weighted by molar-refractivity contribution is -0.143. The lowest BCUT2D eigenvalue weighted by Gasteiger charge is -2.38. The molecule has 0 spiro atoms. The van der Waals surface area contributed by atoms with Crippen LogP contribution in [0.3, 0.4) is 0 Å². The average Bonchev–Trinajstić information content (AvgIpc) is 3.37. The van der Waals surface area contributed by atoms with Crippen LogP contribution in [0.5, 0.6) is 0 Å². The molecule has 4 atom stereocenters. The zero-order valence-electron chi connectivity index (χ0n) is 24.9. The van der Waals surface area contributed by atoms with Crippen LogP contribution >= 0.6 is 0 Å². The first-order chi connectivity index (χ1) is 18.0. The van der Waals surface area contributed by atoms with Crippen molar-refractivity contribution in [3.63, 3.8) is 0 Å². The second kappa shape index (κ2) is 15.2. The van der Waals surface area contributed by atoms with Gasteiger partial charge in [-0.3, -0.25) is 14.4 Å². The summed E-state index contributed by atoms with van der Waals surface area (Å²) in [6.07, 6.45) is 6.42. The first-order valence-corrected chi connectivity index (χ1v) is 14.6. The lowest BCUT2D eigenvalue weighted by atomic mass is 9.85. The first-order valence-electron chi connectivity index (χ1n) is 14.6. The highest BCUT2D eigenvalue weighted by Gasteiger charge is 2.41. The van der Waals surface area contributed by atoms with Gasteiger partial charge in [-0.2, -0.15) is 0 Å². The number of carbonyl (C=O) groups excluding carboxylic acids is 3. The van der Waals surface area contributed by atoms with Crippen molar-refractivity contribution in [2.45, 2.75) is 105 Å². The summed E-state index contributed by atoms with van der Waals surface area (Å²) in [5, 5.41) is 5.96. The SMILES string of the molecule is CCCC[C@H](CC)C(=O)N(CCc1ccccc1)C[C@@H]1CCCN1C(=O)[C@@H](NC(=O)[C@H](C)NC)C(C)(C)C. The number of amides is 3. The molecule has 0 saturated carbocycles. The van der Waals surface area contributed by atoms with Crippen LogP contribution < -0.4 is 10.6 Å². The highest BCUT2D eigenvalue weighted by molar-refractivity contribution is 5.90. The number of hydrogen-bond acceptors (Lipinski definition) is 4. The number of carbonyl (C=O) groups is 3. The molecule has 7 nitrogen and oxygen atoms in total. The number of rotatable bonds is 14. The van der Waals surface area contributed by atoms with E-state index in [0.717, 1.165) is 44.9 Å². The zero-order valence-corrected chi connectivity index (χ0v) is 24.9. The van der Waals surface area contributed by atoms with Crippen LogP contribution in [0.2, 0.25) is 0 Å². The van der Waals surface area contributed by atoms with Gasteiger partial charge in [0.15, 0.2) is 0 Å². The van der Waals surface area contributed by atoms with Crippen molar-refractivity contribution >= 4 is 17.7 Å². The molecule has 2 N–H and O–H groups in total. The molecule has 0 radical (unpaired) electrons. The van der Waals surface area contributed by atoms with Gasteiger partial charge in [-0.05, 0) is 57.1 Å². The Morgan fingerprint density at radius 3 is 2.39 bits per heavy atom. The van der Waals surface area contributed by atoms with Crippen molar-refractivity contribution < 1.29 is 14.4 Å². The van der Waals surface area contributed by atoms with Crippen molar-refractivity contribution in [1.82, 2.24) is 20.4 Å². The molecule has 7 heteroatoms. The van der Waals surface area contributed by atoms with Crippen molar-refractivity contribution in [3.8, 4) is 0 Å². The highest BCUT2D eigenvalue weighted by Crippen LogP contribution is 2.27. The number of likely N-dealkylation sites (tertiary alicyclic amines) is 1. The summed E-state index contributed by atoms with van der Waals surface area (Å²) in [6, 6.07) is 9.21. The molecule has 214 valence electrons. The van der Waals surface area contributed by atoms with Gasteiger partial charge in [-0.15, -0.1) is 0 Å². The molecular formula is C31H52N4O3. The Morgan fingerprint density at radius 1 is 1.13 bits per heavy atom. The Bertz CT molecular complexity index is 883. The smallest absolute Gasteiger partial charge is 0.246 e. The molecule has 0 aliphatic carbocycles. The third-order valence-corrected chi connectivity index (χ3v) is 7.89. The fourth-order valence-electron chi connectivity index (χ4n) is 5.19. The molecule has 1 aliphatic heterocycles. The van der Waals surface area contributed by atoms with E-state index in [9.17, 15) is 14.4 Å². The molecular weight excluding hydrogens is 476 g/mol. The first kappa shape index (κ1) is 31.8. The number of hydrogen-bond donors (Lipinski definition) is 2. The Balaban J connectivity index is 2.24. The van der Waals surface area contributed by atoms with Gasteiger partial charge in [0.05, 0.1) is 6.04 Å². The largest absolute Gasteiger partial charge is 0.342 e. The summed E-state index contributed by atoms with van der Waals surface area (Å²) in [7, 11) is 1.74. The van der Waals surface area contributed by atoms with Gasteiger partial charge in [-0.1, -0.05) is 77.8 Å². The van der Waals surface area contributed by atoms with Crippen LogP contribution in [0.15, 0.2) is 30.3 Å². The Hall–Kier alpha value is -2.41. The molecule has 1 saturated heterocycles. The van der Waals surface area contributed by atoms with E-state index in [4.69, 9.17) is 0 Å². The molecule has 1 aromatic rings. The minimum atomic E-state index is -0.632. The second-order valence-corrected chi connectivity index (χ2v) is 11.9. The maximum Gasteiger partial charge on any atom is 0.246 e. The lowest BCUT2D eigenvalue weighted by Crippen LogP contribution is -2.59. The summed E-state index contributed by atoms with van der Waals surface area (Å²) in [5.41, 5.74) is 0.768. The van der Waals surface area contributed by atoms with E-state index >= 15 is 0 Å². The Morgan fingerprint density at radius 2 is 1.82 bits per heavy atom. The van der Waals surface area contributed by atoms with Crippen LogP contribution in [0.25, 0.3) is 0 Å². The molecule has 1 aromatic carbocycles. The third kappa shape index (κ3) is 9.11. The molecule has 1 fully saturated rings. The van der Waals surface area contributed by atoms with E-state index in [1.165, 1.54) is 5.56 Å². The number of nitrogens with zero attached hydrogens (tertiary/aromatic N) is 2. The zero-order chi connectivity index (χ0) is 28.3. The van der Waals surface area contributed by atoms with Crippen molar-refractivity contribution in [2.24, 2.45) is 11.3 Å². The highest BCUT2D eigenvalue weighted by atomic mass is 16.2. The average molecular weight is 529 g/mol. The molecule has 3 amide bonds. The number of nitrogens with one attached hydrogen (secondary N) is 2. The summed E-state index contributed by atoms with van der Waals surface area (Å²) in [5.74, 6) is -0.0105. The quantitative estimate of drug-likeness (QED) is 0.375. The van der Waals surface area contributed by atoms with Crippen molar-refractivity contribution in [2.75, 3.05) is 26.7 Å². The Kier molecular flexibility index (Phi) is 12.8. The van der Waals surface area contributed by atoms with Crippen LogP contribution in [0.4, 0.5) is 0 Å². The van der Waals surface area contributed by atoms with Crippen LogP contribution in [0, 0.1) is 11.3 Å². The fourth-order valence-corrected chi connectivity index (χ4v) is 5.19. The van der Waals surface area contributed by atoms with Crippen molar-refractivity contribution in [1.29, 1.82) is 0 Å². The van der Waals surface area contributed by atoms with Gasteiger partial charge < -0.3 is 20.4 Å². The molecule has 1 heterocycles. The minimum absolute atomic E-state index is 0.0147. The number of unbranched alkanes of at least 4 members (excludes halogenated alkanes) is 1. The fraction of sp³-hybridized carbons (Fsp3) is 0.710. The van der Waals surface area contributed by atoms with Gasteiger partial charge in [0.1, 0.15) is 6.04 Å². The molecule has 0 bridgehead atoms. The second-order valence-electron chi connectivity index (χ2n) is 11.9. The summed E-state index contributed by atoms with van der Waals surface area (Å²) in [4.78, 5) is 44.3. The van der Waals surface area contributed by atoms with Crippen molar-refractivity contribution in [3.05, 3.63) is 35.9 Å². The van der Waals surface area contributed by atoms with Gasteiger partial charge in [-0.25, -0.2) is 0 Å². The molecule has 38 heavy (non-hydrogen) atoms. The van der Waals surface area contributed by atoms with Gasteiger partial charge in [0.2, 0.25) is 17.7 Å². The normalized spacial score (nSPS) is 18.1. The van der Waals surface area contributed by atoms with E-state index in [1.807, 2.05) is 48.8 Å². The minimum Gasteiger partial charge on any atom is -0.342 e. The van der Waals surface area contributed by atoms with E-state index in [2.05, 4.69) is 36.6 Å². The predicted octanol–water partition coefficient (Wildman–Crippen LogP) is 4.40. The maximum atomic E-state index is 13.9. The van der Waals surface area contributed by atoms with E-state index in [-0.39, 0.29) is 35.7 Å². The van der Waals surface area contributed by atoms with Crippen LogP contribution in [-0.4, -0.2) is 72.3 Å². The summed E-state index contributed by atoms with van der Waals surface area (Å²) >= 11 is 0. The monoisotopic (exact) mass is 528 g/mol. The van der Waals surface area contributed by atoms with E-state index < -0.39 is 11.5 Å². The van der Waals surface area contributed by atoms with E-state index in [0.29, 0.717) is 19.6 Å². The molecule has 0 aromatic heterocycles. The van der Waals surface area contributed by atoms with E-state index in [1.54, 1.807) is 14.0 Å². The molecule has 1 aliphatic rings. The number of likely N-dealkylation sites (N-methyl/N-ethyl adjacent to an activating group) is 1. The topological polar surface area (TPSA) is 81.8 Å². The van der Waals surface area contributed by atoms with Crippen LogP contribution in [-0.2, 0) is 20.8 Å². The summed E-state index contributed by atoms with van der Waals surface area (Å²) < 4.78 is 0. The number of benzene rings is 1. The summed E-state index contributed by atoms with van der Waals surface area (Å²) in [6.45, 7) is 13.8. The molecule has 0 unspecified atom stereocenters. The molecule has 2 rings (SSSR count). The van der Waals surface area contributed by atoms with Gasteiger partial charge >= 0.3 is 0 Å². The van der Waals surface area contributed by atoms with Gasteiger partial charge in [0, 0.05) is 31.6 Å².